The highest BCUT2D eigenvalue weighted by atomic mass is 32.2. The number of hydrogen-bond acceptors (Lipinski definition) is 6. The maximum absolute atomic E-state index is 14.1. The van der Waals surface area contributed by atoms with Crippen LogP contribution >= 0.6 is 11.3 Å². The predicted molar refractivity (Wildman–Crippen MR) is 90.8 cm³/mol. The molecule has 1 saturated heterocycles. The van der Waals surface area contributed by atoms with Crippen molar-refractivity contribution in [3.8, 4) is 0 Å². The van der Waals surface area contributed by atoms with Crippen molar-refractivity contribution in [2.45, 2.75) is 11.8 Å². The molecule has 1 amide bonds. The number of amides is 1. The van der Waals surface area contributed by atoms with Crippen molar-refractivity contribution in [2.24, 2.45) is 0 Å². The van der Waals surface area contributed by atoms with E-state index in [1.165, 1.54) is 15.6 Å². The second kappa shape index (κ2) is 7.16. The van der Waals surface area contributed by atoms with Gasteiger partial charge in [0.05, 0.1) is 29.4 Å². The van der Waals surface area contributed by atoms with Crippen molar-refractivity contribution < 1.29 is 22.3 Å². The Hall–Kier alpha value is -1.88. The number of morpholine rings is 1. The Labute approximate surface area is 148 Å². The van der Waals surface area contributed by atoms with Crippen molar-refractivity contribution in [3.63, 3.8) is 0 Å². The molecule has 0 aliphatic carbocycles. The van der Waals surface area contributed by atoms with E-state index in [2.05, 4.69) is 10.3 Å². The van der Waals surface area contributed by atoms with Gasteiger partial charge in [0.2, 0.25) is 10.0 Å². The highest BCUT2D eigenvalue weighted by molar-refractivity contribution is 7.89. The number of anilines is 1. The zero-order chi connectivity index (χ0) is 18.0. The van der Waals surface area contributed by atoms with E-state index >= 15 is 0 Å². The number of carbonyl (C=O) groups is 1. The standard InChI is InChI=1S/C15H16FN3O4S2/c1-10-9-24-15(17-10)18-14(20)12-8-11(2-3-13(12)16)25(21,22)19-4-6-23-7-5-19/h2-3,8-9H,4-7H2,1H3,(H,17,18,20). The molecular weight excluding hydrogens is 369 g/mol. The Morgan fingerprint density at radius 1 is 1.36 bits per heavy atom. The fraction of sp³-hybridized carbons (Fsp3) is 0.333. The van der Waals surface area contributed by atoms with Crippen molar-refractivity contribution in [1.29, 1.82) is 0 Å². The number of carbonyl (C=O) groups excluding carboxylic acids is 1. The topological polar surface area (TPSA) is 88.6 Å². The summed E-state index contributed by atoms with van der Waals surface area (Å²) in [5.41, 5.74) is 0.381. The van der Waals surface area contributed by atoms with Gasteiger partial charge in [0, 0.05) is 18.5 Å². The molecule has 1 N–H and O–H groups in total. The van der Waals surface area contributed by atoms with Crippen LogP contribution in [0.1, 0.15) is 16.1 Å². The summed E-state index contributed by atoms with van der Waals surface area (Å²) in [4.78, 5) is 16.2. The van der Waals surface area contributed by atoms with E-state index in [0.717, 1.165) is 23.9 Å². The van der Waals surface area contributed by atoms with E-state index in [0.29, 0.717) is 18.3 Å². The van der Waals surface area contributed by atoms with Gasteiger partial charge in [-0.2, -0.15) is 4.31 Å². The first-order valence-electron chi connectivity index (χ1n) is 7.49. The highest BCUT2D eigenvalue weighted by Crippen LogP contribution is 2.22. The van der Waals surface area contributed by atoms with Crippen LogP contribution in [0.3, 0.4) is 0 Å². The van der Waals surface area contributed by atoms with Crippen LogP contribution in [-0.2, 0) is 14.8 Å². The first-order valence-corrected chi connectivity index (χ1v) is 9.81. The number of ether oxygens (including phenoxy) is 1. The molecule has 0 saturated carbocycles. The van der Waals surface area contributed by atoms with Crippen molar-refractivity contribution in [3.05, 3.63) is 40.7 Å². The molecule has 1 fully saturated rings. The van der Waals surface area contributed by atoms with Crippen LogP contribution in [0.4, 0.5) is 9.52 Å². The molecular formula is C15H16FN3O4S2. The Morgan fingerprint density at radius 3 is 2.72 bits per heavy atom. The minimum absolute atomic E-state index is 0.128. The minimum atomic E-state index is -3.81. The second-order valence-electron chi connectivity index (χ2n) is 5.41. The number of hydrogen-bond donors (Lipinski definition) is 1. The Kier molecular flexibility index (Phi) is 5.13. The van der Waals surface area contributed by atoms with E-state index in [1.54, 1.807) is 12.3 Å². The molecule has 10 heteroatoms. The summed E-state index contributed by atoms with van der Waals surface area (Å²) in [6.07, 6.45) is 0. The number of aryl methyl sites for hydroxylation is 1. The smallest absolute Gasteiger partial charge is 0.260 e. The third kappa shape index (κ3) is 3.87. The first-order chi connectivity index (χ1) is 11.9. The summed E-state index contributed by atoms with van der Waals surface area (Å²) in [6.45, 7) is 2.82. The van der Waals surface area contributed by atoms with Crippen LogP contribution in [0.5, 0.6) is 0 Å². The van der Waals surface area contributed by atoms with Gasteiger partial charge in [-0.3, -0.25) is 10.1 Å². The van der Waals surface area contributed by atoms with Crippen molar-refractivity contribution >= 4 is 32.4 Å². The molecule has 0 unspecified atom stereocenters. The van der Waals surface area contributed by atoms with E-state index in [-0.39, 0.29) is 23.5 Å². The first kappa shape index (κ1) is 17.9. The number of aromatic nitrogens is 1. The highest BCUT2D eigenvalue weighted by Gasteiger charge is 2.28. The monoisotopic (exact) mass is 385 g/mol. The molecule has 1 aromatic carbocycles. The third-order valence-corrected chi connectivity index (χ3v) is 6.40. The maximum atomic E-state index is 14.1. The molecule has 1 aliphatic rings. The number of benzene rings is 1. The molecule has 0 bridgehead atoms. The van der Waals surface area contributed by atoms with Crippen LogP contribution in [-0.4, -0.2) is 49.9 Å². The van der Waals surface area contributed by atoms with Gasteiger partial charge in [-0.05, 0) is 25.1 Å². The fourth-order valence-electron chi connectivity index (χ4n) is 2.35. The maximum Gasteiger partial charge on any atom is 0.260 e. The molecule has 134 valence electrons. The Morgan fingerprint density at radius 2 is 2.08 bits per heavy atom. The summed E-state index contributed by atoms with van der Waals surface area (Å²) >= 11 is 1.20. The van der Waals surface area contributed by atoms with Crippen LogP contribution in [0.15, 0.2) is 28.5 Å². The largest absolute Gasteiger partial charge is 0.379 e. The van der Waals surface area contributed by atoms with Crippen molar-refractivity contribution in [2.75, 3.05) is 31.6 Å². The summed E-state index contributed by atoms with van der Waals surface area (Å²) < 4.78 is 45.7. The van der Waals surface area contributed by atoms with Crippen LogP contribution in [0.25, 0.3) is 0 Å². The van der Waals surface area contributed by atoms with Gasteiger partial charge >= 0.3 is 0 Å². The number of rotatable bonds is 4. The normalized spacial score (nSPS) is 15.9. The Balaban J connectivity index is 1.88. The number of sulfonamides is 1. The lowest BCUT2D eigenvalue weighted by Crippen LogP contribution is -2.40. The summed E-state index contributed by atoms with van der Waals surface area (Å²) in [7, 11) is -3.81. The molecule has 0 spiro atoms. The molecule has 0 radical (unpaired) electrons. The molecule has 25 heavy (non-hydrogen) atoms. The number of nitrogens with zero attached hydrogens (tertiary/aromatic N) is 2. The van der Waals surface area contributed by atoms with E-state index in [4.69, 9.17) is 4.74 Å². The zero-order valence-corrected chi connectivity index (χ0v) is 15.0. The number of halogens is 1. The Bertz CT molecular complexity index is 892. The molecule has 7 nitrogen and oxygen atoms in total. The molecule has 2 aromatic rings. The van der Waals surface area contributed by atoms with Gasteiger partial charge in [-0.25, -0.2) is 17.8 Å². The zero-order valence-electron chi connectivity index (χ0n) is 13.4. The van der Waals surface area contributed by atoms with Crippen molar-refractivity contribution in [1.82, 2.24) is 9.29 Å². The molecule has 3 rings (SSSR count). The molecule has 2 heterocycles. The minimum Gasteiger partial charge on any atom is -0.379 e. The second-order valence-corrected chi connectivity index (χ2v) is 8.20. The molecule has 1 aliphatic heterocycles. The van der Waals surface area contributed by atoms with Gasteiger partial charge in [-0.15, -0.1) is 11.3 Å². The van der Waals surface area contributed by atoms with Gasteiger partial charge in [0.1, 0.15) is 5.82 Å². The van der Waals surface area contributed by atoms with Gasteiger partial charge in [0.25, 0.3) is 5.91 Å². The molecule has 1 aromatic heterocycles. The van der Waals surface area contributed by atoms with E-state index in [1.807, 2.05) is 0 Å². The molecule has 0 atom stereocenters. The van der Waals surface area contributed by atoms with E-state index < -0.39 is 21.7 Å². The number of nitrogens with one attached hydrogen (secondary N) is 1. The summed E-state index contributed by atoms with van der Waals surface area (Å²) in [5.74, 6) is -1.54. The SMILES string of the molecule is Cc1csc(NC(=O)c2cc(S(=O)(=O)N3CCOCC3)ccc2F)n1. The lowest BCUT2D eigenvalue weighted by atomic mass is 10.2. The average molecular weight is 385 g/mol. The lowest BCUT2D eigenvalue weighted by molar-refractivity contribution is 0.0730. The average Bonchev–Trinajstić information content (AvgIpc) is 3.00. The summed E-state index contributed by atoms with van der Waals surface area (Å²) in [6, 6.07) is 3.19. The van der Waals surface area contributed by atoms with Crippen LogP contribution in [0, 0.1) is 12.7 Å². The van der Waals surface area contributed by atoms with Gasteiger partial charge < -0.3 is 4.74 Å². The lowest BCUT2D eigenvalue weighted by Gasteiger charge is -2.26. The third-order valence-electron chi connectivity index (χ3n) is 3.63. The van der Waals surface area contributed by atoms with E-state index in [9.17, 15) is 17.6 Å². The quantitative estimate of drug-likeness (QED) is 0.868. The fourth-order valence-corrected chi connectivity index (χ4v) is 4.47. The van der Waals surface area contributed by atoms with Crippen LogP contribution < -0.4 is 5.32 Å². The predicted octanol–water partition coefficient (Wildman–Crippen LogP) is 1.86. The van der Waals surface area contributed by atoms with Gasteiger partial charge in [-0.1, -0.05) is 0 Å². The van der Waals surface area contributed by atoms with Gasteiger partial charge in [0.15, 0.2) is 5.13 Å². The number of thiazole rings is 1. The van der Waals surface area contributed by atoms with Crippen LogP contribution in [0.2, 0.25) is 0 Å². The summed E-state index contributed by atoms with van der Waals surface area (Å²) in [5, 5.41) is 4.54.